The van der Waals surface area contributed by atoms with Crippen molar-refractivity contribution in [3.8, 4) is 11.5 Å². The van der Waals surface area contributed by atoms with Crippen LogP contribution in [0.5, 0.6) is 11.5 Å². The monoisotopic (exact) mass is 726 g/mol. The van der Waals surface area contributed by atoms with Gasteiger partial charge in [0.25, 0.3) is 5.56 Å². The van der Waals surface area contributed by atoms with Crippen LogP contribution in [-0.4, -0.2) is 17.1 Å². The van der Waals surface area contributed by atoms with Crippen molar-refractivity contribution in [1.29, 1.82) is 0 Å². The molecule has 6 nitrogen and oxygen atoms in total. The van der Waals surface area contributed by atoms with Crippen molar-refractivity contribution >= 4 is 67.6 Å². The maximum atomic E-state index is 14.0. The van der Waals surface area contributed by atoms with Crippen LogP contribution in [-0.2, 0) is 11.2 Å². The van der Waals surface area contributed by atoms with Crippen molar-refractivity contribution in [2.24, 2.45) is 4.99 Å². The van der Waals surface area contributed by atoms with Crippen molar-refractivity contribution in [2.75, 3.05) is 6.61 Å². The summed E-state index contributed by atoms with van der Waals surface area (Å²) >= 11 is 7.05. The quantitative estimate of drug-likeness (QED) is 0.144. The molecule has 0 radical (unpaired) electrons. The van der Waals surface area contributed by atoms with Gasteiger partial charge in [0.05, 0.1) is 26.4 Å². The zero-order valence-electron chi connectivity index (χ0n) is 21.7. The van der Waals surface area contributed by atoms with Crippen LogP contribution in [0, 0.1) is 3.57 Å². The van der Waals surface area contributed by atoms with E-state index in [1.807, 2.05) is 41.8 Å². The summed E-state index contributed by atoms with van der Waals surface area (Å²) in [7, 11) is 0. The molecule has 2 heterocycles. The maximum absolute atomic E-state index is 14.0. The predicted octanol–water partition coefficient (Wildman–Crippen LogP) is 6.01. The molecule has 0 bridgehead atoms. The number of aromatic nitrogens is 1. The first-order valence-corrected chi connectivity index (χ1v) is 15.6. The highest BCUT2D eigenvalue weighted by atomic mass is 127. The lowest BCUT2D eigenvalue weighted by Crippen LogP contribution is -2.38. The lowest BCUT2D eigenvalue weighted by molar-refractivity contribution is -0.132. The fourth-order valence-electron chi connectivity index (χ4n) is 5.30. The number of aryl methyl sites for hydroxylation is 1. The minimum absolute atomic E-state index is 0.0842. The Labute approximate surface area is 257 Å². The first kappa shape index (κ1) is 27.2. The zero-order valence-corrected chi connectivity index (χ0v) is 26.3. The van der Waals surface area contributed by atoms with Gasteiger partial charge in [-0.2, -0.15) is 0 Å². The molecule has 9 heteroatoms. The van der Waals surface area contributed by atoms with Gasteiger partial charge < -0.3 is 9.47 Å². The molecule has 202 valence electrons. The van der Waals surface area contributed by atoms with Crippen LogP contribution in [0.2, 0.25) is 0 Å². The van der Waals surface area contributed by atoms with Gasteiger partial charge in [-0.3, -0.25) is 14.2 Å². The summed E-state index contributed by atoms with van der Waals surface area (Å²) in [5, 5.41) is 0. The lowest BCUT2D eigenvalue weighted by Gasteiger charge is -2.30. The number of allylic oxidation sites excluding steroid dienone is 1. The van der Waals surface area contributed by atoms with E-state index in [0.717, 1.165) is 43.3 Å². The van der Waals surface area contributed by atoms with E-state index < -0.39 is 5.97 Å². The second-order valence-electron chi connectivity index (χ2n) is 9.52. The minimum atomic E-state index is -0.418. The Bertz CT molecular complexity index is 1870. The number of benzene rings is 3. The molecule has 1 aliphatic heterocycles. The number of carbonyl (C=O) groups is 1. The van der Waals surface area contributed by atoms with Gasteiger partial charge >= 0.3 is 5.97 Å². The van der Waals surface area contributed by atoms with Gasteiger partial charge in [-0.15, -0.1) is 0 Å². The molecular weight excluding hydrogens is 703 g/mol. The third-order valence-corrected chi connectivity index (χ3v) is 9.25. The zero-order chi connectivity index (χ0) is 28.0. The van der Waals surface area contributed by atoms with Crippen molar-refractivity contribution in [3.63, 3.8) is 0 Å². The average Bonchev–Trinajstić information content (AvgIpc) is 3.24. The minimum Gasteiger partial charge on any atom is -0.490 e. The summed E-state index contributed by atoms with van der Waals surface area (Å²) in [5.41, 5.74) is 6.31. The summed E-state index contributed by atoms with van der Waals surface area (Å²) in [6.45, 7) is 3.65. The van der Waals surface area contributed by atoms with Gasteiger partial charge in [-0.05, 0) is 95.0 Å². The Morgan fingerprint density at radius 2 is 1.95 bits per heavy atom. The van der Waals surface area contributed by atoms with E-state index in [1.165, 1.54) is 29.4 Å². The highest BCUT2D eigenvalue weighted by Crippen LogP contribution is 2.41. The second-order valence-corrected chi connectivity index (χ2v) is 12.6. The molecule has 0 unspecified atom stereocenters. The van der Waals surface area contributed by atoms with E-state index >= 15 is 0 Å². The summed E-state index contributed by atoms with van der Waals surface area (Å²) in [4.78, 5) is 31.5. The molecule has 0 saturated carbocycles. The van der Waals surface area contributed by atoms with E-state index in [2.05, 4.69) is 68.9 Å². The number of ether oxygens (including phenoxy) is 2. The van der Waals surface area contributed by atoms with Crippen LogP contribution in [0.4, 0.5) is 0 Å². The van der Waals surface area contributed by atoms with E-state index in [0.29, 0.717) is 27.4 Å². The van der Waals surface area contributed by atoms with Gasteiger partial charge in [0.2, 0.25) is 0 Å². The maximum Gasteiger partial charge on any atom is 0.308 e. The normalized spacial score (nSPS) is 16.1. The number of fused-ring (bicyclic) bond motifs is 3. The first-order valence-electron chi connectivity index (χ1n) is 12.9. The fourth-order valence-corrected chi connectivity index (χ4v) is 7.30. The number of rotatable bonds is 5. The fraction of sp³-hybridized carbons (Fsp3) is 0.194. The summed E-state index contributed by atoms with van der Waals surface area (Å²) in [6, 6.07) is 20.0. The van der Waals surface area contributed by atoms with Crippen molar-refractivity contribution in [1.82, 2.24) is 4.57 Å². The Kier molecular flexibility index (Phi) is 7.54. The summed E-state index contributed by atoms with van der Waals surface area (Å²) < 4.78 is 15.3. The molecule has 1 aliphatic carbocycles. The summed E-state index contributed by atoms with van der Waals surface area (Å²) in [5.74, 6) is 0.428. The molecule has 2 aliphatic rings. The van der Waals surface area contributed by atoms with Crippen LogP contribution < -0.4 is 24.4 Å². The van der Waals surface area contributed by atoms with Gasteiger partial charge in [0, 0.05) is 17.0 Å². The van der Waals surface area contributed by atoms with Crippen LogP contribution >= 0.6 is 49.9 Å². The number of nitrogens with zero attached hydrogens (tertiary/aromatic N) is 2. The third kappa shape index (κ3) is 4.99. The molecule has 0 N–H and O–H groups in total. The predicted molar refractivity (Wildman–Crippen MR) is 169 cm³/mol. The number of esters is 1. The third-order valence-electron chi connectivity index (χ3n) is 6.93. The Morgan fingerprint density at radius 1 is 1.18 bits per heavy atom. The number of hydrogen-bond donors (Lipinski definition) is 0. The molecule has 0 saturated heterocycles. The van der Waals surface area contributed by atoms with Crippen LogP contribution in [0.25, 0.3) is 11.8 Å². The molecule has 1 aromatic heterocycles. The first-order chi connectivity index (χ1) is 19.3. The standard InChI is InChI=1S/C31H24BrIN2O4S/c1-3-38-25-15-18(14-24(33)29(25)39-17(2)36)16-26-30(37)35-28(20-8-11-21(32)12-9-20)23-13-10-19-6-4-5-7-22(19)27(23)34-31(35)40-26/h4-9,11-12,14-16,28H,3,10,13H2,1-2H3/b26-16+/t28-/m1/s1. The topological polar surface area (TPSA) is 69.9 Å². The number of halogens is 2. The summed E-state index contributed by atoms with van der Waals surface area (Å²) in [6.07, 6.45) is 3.62. The van der Waals surface area contributed by atoms with Gasteiger partial charge in [0.15, 0.2) is 16.3 Å². The molecule has 6 rings (SSSR count). The highest BCUT2D eigenvalue weighted by Gasteiger charge is 2.32. The molecule has 0 amide bonds. The molecule has 0 spiro atoms. The van der Waals surface area contributed by atoms with Crippen LogP contribution in [0.3, 0.4) is 0 Å². The van der Waals surface area contributed by atoms with E-state index in [-0.39, 0.29) is 11.6 Å². The Morgan fingerprint density at radius 3 is 2.70 bits per heavy atom. The average molecular weight is 727 g/mol. The largest absolute Gasteiger partial charge is 0.490 e. The Hall–Kier alpha value is -3.02. The molecule has 0 fully saturated rings. The number of carbonyl (C=O) groups excluding carboxylic acids is 1. The van der Waals surface area contributed by atoms with E-state index in [9.17, 15) is 9.59 Å². The SMILES string of the molecule is CCOc1cc(/C=c2/sc3n(c2=O)[C@H](c2ccc(Br)cc2)C2=C(N=3)c3ccccc3CC2)cc(I)c1OC(C)=O. The van der Waals surface area contributed by atoms with Gasteiger partial charge in [-0.1, -0.05) is 63.7 Å². The molecule has 1 atom stereocenters. The smallest absolute Gasteiger partial charge is 0.308 e. The molecule has 3 aromatic carbocycles. The lowest BCUT2D eigenvalue weighted by atomic mass is 9.83. The van der Waals surface area contributed by atoms with E-state index in [4.69, 9.17) is 14.5 Å². The van der Waals surface area contributed by atoms with Crippen molar-refractivity contribution < 1.29 is 14.3 Å². The van der Waals surface area contributed by atoms with Crippen LogP contribution in [0.1, 0.15) is 48.6 Å². The molecule has 40 heavy (non-hydrogen) atoms. The van der Waals surface area contributed by atoms with Crippen molar-refractivity contribution in [3.05, 3.63) is 116 Å². The highest BCUT2D eigenvalue weighted by molar-refractivity contribution is 14.1. The van der Waals surface area contributed by atoms with E-state index in [1.54, 1.807) is 6.07 Å². The second kappa shape index (κ2) is 11.1. The van der Waals surface area contributed by atoms with Gasteiger partial charge in [-0.25, -0.2) is 4.99 Å². The number of hydrogen-bond acceptors (Lipinski definition) is 6. The number of thiazole rings is 1. The van der Waals surface area contributed by atoms with Gasteiger partial charge in [0.1, 0.15) is 0 Å². The molecule has 4 aromatic rings. The molecular formula is C31H24BrIN2O4S. The van der Waals surface area contributed by atoms with Crippen LogP contribution in [0.15, 0.2) is 80.5 Å². The Balaban J connectivity index is 1.55. The van der Waals surface area contributed by atoms with Crippen molar-refractivity contribution in [2.45, 2.75) is 32.7 Å².